The van der Waals surface area contributed by atoms with Gasteiger partial charge >= 0.3 is 0 Å². The van der Waals surface area contributed by atoms with Crippen LogP contribution in [-0.4, -0.2) is 22.6 Å². The molecule has 4 heteroatoms. The van der Waals surface area contributed by atoms with Gasteiger partial charge in [0.15, 0.2) is 6.29 Å². The zero-order chi connectivity index (χ0) is 10.4. The van der Waals surface area contributed by atoms with Gasteiger partial charge in [-0.25, -0.2) is 0 Å². The lowest BCUT2D eigenvalue weighted by Crippen LogP contribution is -2.44. The second kappa shape index (κ2) is 3.18. The number of ether oxygens (including phenoxy) is 1. The molecule has 0 saturated carbocycles. The van der Waals surface area contributed by atoms with E-state index in [2.05, 4.69) is 0 Å². The molecule has 0 amide bonds. The van der Waals surface area contributed by atoms with Gasteiger partial charge in [-0.3, -0.25) is 4.79 Å². The van der Waals surface area contributed by atoms with Crippen LogP contribution in [0.5, 0.6) is 0 Å². The molecule has 80 valence electrons. The monoisotopic (exact) mass is 207 g/mol. The Bertz CT molecular complexity index is 440. The third kappa shape index (κ3) is 1.33. The lowest BCUT2D eigenvalue weighted by molar-refractivity contribution is -0.174. The highest BCUT2D eigenvalue weighted by molar-refractivity contribution is 5.15. The molecule has 0 radical (unpaired) electrons. The van der Waals surface area contributed by atoms with Gasteiger partial charge in [0.2, 0.25) is 0 Å². The van der Waals surface area contributed by atoms with Crippen LogP contribution in [0.2, 0.25) is 0 Å². The Hall–Kier alpha value is -1.13. The number of aliphatic hydroxyl groups excluding tert-OH is 1. The molecule has 0 spiro atoms. The van der Waals surface area contributed by atoms with Crippen molar-refractivity contribution in [3.05, 3.63) is 34.2 Å². The van der Waals surface area contributed by atoms with Gasteiger partial charge in [0, 0.05) is 30.1 Å². The van der Waals surface area contributed by atoms with Gasteiger partial charge in [-0.2, -0.15) is 0 Å². The lowest BCUT2D eigenvalue weighted by Gasteiger charge is -2.39. The molecule has 3 heterocycles. The highest BCUT2D eigenvalue weighted by Crippen LogP contribution is 2.35. The Morgan fingerprint density at radius 3 is 3.20 bits per heavy atom. The minimum Gasteiger partial charge on any atom is -0.368 e. The molecule has 2 aliphatic rings. The average Bonchev–Trinajstić information content (AvgIpc) is 2.25. The molecule has 2 aliphatic heterocycles. The third-order valence-corrected chi connectivity index (χ3v) is 3.38. The molecule has 1 aromatic heterocycles. The van der Waals surface area contributed by atoms with Crippen molar-refractivity contribution in [1.82, 2.24) is 4.57 Å². The molecule has 3 atom stereocenters. The second-order valence-corrected chi connectivity index (χ2v) is 4.32. The molecule has 15 heavy (non-hydrogen) atoms. The van der Waals surface area contributed by atoms with E-state index in [4.69, 9.17) is 4.74 Å². The third-order valence-electron chi connectivity index (χ3n) is 3.38. The van der Waals surface area contributed by atoms with Crippen molar-refractivity contribution < 1.29 is 9.84 Å². The first-order chi connectivity index (χ1) is 7.25. The molecule has 3 rings (SSSR count). The number of aliphatic hydroxyl groups is 1. The minimum atomic E-state index is -0.707. The standard InChI is InChI=1S/C11H13NO3/c13-10-3-1-2-9-8-4-7(5-12(9)10)11(14)15-6-8/h1-3,7-8,11,14H,4-6H2/t7-,8-,11?/m1/s1. The maximum atomic E-state index is 11.6. The van der Waals surface area contributed by atoms with Crippen molar-refractivity contribution >= 4 is 0 Å². The van der Waals surface area contributed by atoms with E-state index in [0.717, 1.165) is 12.1 Å². The van der Waals surface area contributed by atoms with Crippen molar-refractivity contribution in [3.63, 3.8) is 0 Å². The van der Waals surface area contributed by atoms with Crippen LogP contribution in [-0.2, 0) is 11.3 Å². The number of aromatic nitrogens is 1. The molecule has 1 N–H and O–H groups in total. The van der Waals surface area contributed by atoms with Gasteiger partial charge in [-0.05, 0) is 12.5 Å². The molecule has 0 aliphatic carbocycles. The molecule has 4 nitrogen and oxygen atoms in total. The van der Waals surface area contributed by atoms with E-state index >= 15 is 0 Å². The van der Waals surface area contributed by atoms with Crippen LogP contribution in [0.1, 0.15) is 18.0 Å². The fourth-order valence-electron chi connectivity index (χ4n) is 2.59. The van der Waals surface area contributed by atoms with Crippen LogP contribution < -0.4 is 5.56 Å². The number of nitrogens with zero attached hydrogens (tertiary/aromatic N) is 1. The molecule has 1 unspecified atom stereocenters. The maximum Gasteiger partial charge on any atom is 0.250 e. The summed E-state index contributed by atoms with van der Waals surface area (Å²) < 4.78 is 7.05. The minimum absolute atomic E-state index is 0.0244. The van der Waals surface area contributed by atoms with Gasteiger partial charge in [-0.1, -0.05) is 6.07 Å². The van der Waals surface area contributed by atoms with Crippen LogP contribution in [0.4, 0.5) is 0 Å². The lowest BCUT2D eigenvalue weighted by atomic mass is 9.85. The summed E-state index contributed by atoms with van der Waals surface area (Å²) in [6.07, 6.45) is 0.214. The average molecular weight is 207 g/mol. The van der Waals surface area contributed by atoms with E-state index < -0.39 is 6.29 Å². The van der Waals surface area contributed by atoms with Crippen LogP contribution in [0.15, 0.2) is 23.0 Å². The van der Waals surface area contributed by atoms with E-state index in [9.17, 15) is 9.90 Å². The van der Waals surface area contributed by atoms with Gasteiger partial charge in [0.25, 0.3) is 5.56 Å². The van der Waals surface area contributed by atoms with Crippen LogP contribution >= 0.6 is 0 Å². The summed E-state index contributed by atoms with van der Waals surface area (Å²) in [6, 6.07) is 5.33. The van der Waals surface area contributed by atoms with Crippen molar-refractivity contribution in [2.24, 2.45) is 5.92 Å². The molecular formula is C11H13NO3. The first kappa shape index (κ1) is 9.12. The zero-order valence-corrected chi connectivity index (χ0v) is 8.30. The van der Waals surface area contributed by atoms with Crippen molar-refractivity contribution in [1.29, 1.82) is 0 Å². The summed E-state index contributed by atoms with van der Waals surface area (Å²) in [6.45, 7) is 1.09. The topological polar surface area (TPSA) is 51.5 Å². The summed E-state index contributed by atoms with van der Waals surface area (Å²) in [5, 5.41) is 9.60. The van der Waals surface area contributed by atoms with Crippen LogP contribution in [0, 0.1) is 5.92 Å². The fraction of sp³-hybridized carbons (Fsp3) is 0.545. The van der Waals surface area contributed by atoms with Gasteiger partial charge < -0.3 is 14.4 Å². The van der Waals surface area contributed by atoms with Crippen molar-refractivity contribution in [2.75, 3.05) is 6.61 Å². The molecule has 1 aromatic rings. The number of pyridine rings is 1. The summed E-state index contributed by atoms with van der Waals surface area (Å²) in [5.74, 6) is 0.331. The summed E-state index contributed by atoms with van der Waals surface area (Å²) in [7, 11) is 0. The first-order valence-corrected chi connectivity index (χ1v) is 5.25. The Kier molecular flexibility index (Phi) is 1.94. The SMILES string of the molecule is O=c1cccc2n1C[C@H]1C[C@@H]2COC1O. The van der Waals surface area contributed by atoms with E-state index in [0.29, 0.717) is 13.2 Å². The Morgan fingerprint density at radius 2 is 2.33 bits per heavy atom. The Balaban J connectivity index is 2.11. The van der Waals surface area contributed by atoms with E-state index in [1.54, 1.807) is 16.7 Å². The highest BCUT2D eigenvalue weighted by Gasteiger charge is 2.36. The van der Waals surface area contributed by atoms with E-state index in [1.807, 2.05) is 6.07 Å². The Labute approximate surface area is 87.1 Å². The zero-order valence-electron chi connectivity index (χ0n) is 8.30. The first-order valence-electron chi connectivity index (χ1n) is 5.25. The van der Waals surface area contributed by atoms with Gasteiger partial charge in [-0.15, -0.1) is 0 Å². The van der Waals surface area contributed by atoms with Crippen LogP contribution in [0.3, 0.4) is 0 Å². The number of fused-ring (bicyclic) bond motifs is 4. The quantitative estimate of drug-likeness (QED) is 0.665. The number of hydrogen-bond acceptors (Lipinski definition) is 3. The smallest absolute Gasteiger partial charge is 0.250 e. The summed E-state index contributed by atoms with van der Waals surface area (Å²) >= 11 is 0. The van der Waals surface area contributed by atoms with Gasteiger partial charge in [0.05, 0.1) is 6.61 Å². The predicted molar refractivity (Wildman–Crippen MR) is 53.5 cm³/mol. The fourth-order valence-corrected chi connectivity index (χ4v) is 2.59. The summed E-state index contributed by atoms with van der Waals surface area (Å²) in [4.78, 5) is 11.6. The maximum absolute atomic E-state index is 11.6. The molecule has 2 bridgehead atoms. The van der Waals surface area contributed by atoms with E-state index in [-0.39, 0.29) is 17.4 Å². The van der Waals surface area contributed by atoms with Crippen LogP contribution in [0.25, 0.3) is 0 Å². The second-order valence-electron chi connectivity index (χ2n) is 4.32. The molecule has 1 fully saturated rings. The number of hydrogen-bond donors (Lipinski definition) is 1. The van der Waals surface area contributed by atoms with Gasteiger partial charge in [0.1, 0.15) is 0 Å². The summed E-state index contributed by atoms with van der Waals surface area (Å²) in [5.41, 5.74) is 1.07. The Morgan fingerprint density at radius 1 is 1.47 bits per heavy atom. The molecule has 1 saturated heterocycles. The number of rotatable bonds is 0. The largest absolute Gasteiger partial charge is 0.368 e. The van der Waals surface area contributed by atoms with Crippen molar-refractivity contribution in [3.8, 4) is 0 Å². The normalized spacial score (nSPS) is 33.5. The predicted octanol–water partition coefficient (Wildman–Crippen LogP) is 0.300. The highest BCUT2D eigenvalue weighted by atomic mass is 16.6. The van der Waals surface area contributed by atoms with Crippen molar-refractivity contribution in [2.45, 2.75) is 25.2 Å². The van der Waals surface area contributed by atoms with E-state index in [1.165, 1.54) is 0 Å². The molecular weight excluding hydrogens is 194 g/mol. The molecule has 0 aromatic carbocycles.